The Balaban J connectivity index is 1.57. The van der Waals surface area contributed by atoms with Gasteiger partial charge in [-0.15, -0.1) is 0 Å². The molecule has 2 atom stereocenters. The minimum atomic E-state index is -3.55. The zero-order valence-electron chi connectivity index (χ0n) is 17.6. The highest BCUT2D eigenvalue weighted by Crippen LogP contribution is 2.30. The Hall–Kier alpha value is -1.64. The molecular formula is C22H27Cl2N3O3S. The van der Waals surface area contributed by atoms with Crippen molar-refractivity contribution in [2.45, 2.75) is 37.6 Å². The zero-order valence-corrected chi connectivity index (χ0v) is 19.9. The number of nitrogens with zero attached hydrogens (tertiary/aromatic N) is 1. The van der Waals surface area contributed by atoms with Gasteiger partial charge in [-0.25, -0.2) is 13.1 Å². The molecule has 1 heterocycles. The lowest BCUT2D eigenvalue weighted by Crippen LogP contribution is -2.49. The van der Waals surface area contributed by atoms with Crippen molar-refractivity contribution < 1.29 is 13.2 Å². The van der Waals surface area contributed by atoms with E-state index in [1.54, 1.807) is 42.5 Å². The van der Waals surface area contributed by atoms with Crippen LogP contribution in [0, 0.1) is 12.8 Å². The molecule has 6 nitrogen and oxygen atoms in total. The number of sulfonamides is 1. The summed E-state index contributed by atoms with van der Waals surface area (Å²) in [7, 11) is -3.55. The molecule has 0 bridgehead atoms. The number of hydrogen-bond acceptors (Lipinski definition) is 4. The van der Waals surface area contributed by atoms with E-state index in [1.165, 1.54) is 0 Å². The number of anilines is 1. The van der Waals surface area contributed by atoms with Crippen LogP contribution in [0.15, 0.2) is 47.4 Å². The summed E-state index contributed by atoms with van der Waals surface area (Å²) in [6, 6.07) is 11.5. The normalized spacial score (nSPS) is 18.5. The van der Waals surface area contributed by atoms with Gasteiger partial charge in [0.25, 0.3) is 0 Å². The van der Waals surface area contributed by atoms with E-state index >= 15 is 0 Å². The number of amides is 1. The minimum Gasteiger partial charge on any atom is -0.323 e. The smallest absolute Gasteiger partial charge is 0.241 e. The quantitative estimate of drug-likeness (QED) is 0.614. The lowest BCUT2D eigenvalue weighted by Gasteiger charge is -2.36. The SMILES string of the molecule is Cc1ccc(S(=O)(=O)NCC2CCCN(C(C)C(=O)Nc3cccc(Cl)c3Cl)C2)cc1. The third-order valence-corrected chi connectivity index (χ3v) is 7.84. The van der Waals surface area contributed by atoms with Crippen molar-refractivity contribution in [2.75, 3.05) is 25.0 Å². The number of halogens is 2. The molecule has 1 fully saturated rings. The van der Waals surface area contributed by atoms with E-state index in [0.717, 1.165) is 24.9 Å². The Kier molecular flexibility index (Phi) is 7.99. The summed E-state index contributed by atoms with van der Waals surface area (Å²) in [5, 5.41) is 3.53. The Morgan fingerprint density at radius 2 is 1.90 bits per heavy atom. The highest BCUT2D eigenvalue weighted by Gasteiger charge is 2.28. The van der Waals surface area contributed by atoms with Gasteiger partial charge in [-0.3, -0.25) is 9.69 Å². The molecule has 1 aliphatic heterocycles. The lowest BCUT2D eigenvalue weighted by molar-refractivity contribution is -0.121. The van der Waals surface area contributed by atoms with Crippen molar-refractivity contribution in [2.24, 2.45) is 5.92 Å². The van der Waals surface area contributed by atoms with E-state index in [0.29, 0.717) is 28.8 Å². The maximum absolute atomic E-state index is 12.7. The van der Waals surface area contributed by atoms with Crippen molar-refractivity contribution >= 4 is 44.8 Å². The molecule has 2 aromatic rings. The van der Waals surface area contributed by atoms with Crippen LogP contribution in [0.1, 0.15) is 25.3 Å². The summed E-state index contributed by atoms with van der Waals surface area (Å²) >= 11 is 12.2. The van der Waals surface area contributed by atoms with Gasteiger partial charge in [-0.2, -0.15) is 0 Å². The fourth-order valence-electron chi connectivity index (χ4n) is 3.65. The molecule has 1 saturated heterocycles. The first-order valence-corrected chi connectivity index (χ1v) is 12.5. The van der Waals surface area contributed by atoms with Gasteiger partial charge in [0.2, 0.25) is 15.9 Å². The third kappa shape index (κ3) is 6.20. The Labute approximate surface area is 194 Å². The van der Waals surface area contributed by atoms with Crippen molar-refractivity contribution in [1.82, 2.24) is 9.62 Å². The first kappa shape index (κ1) is 24.0. The van der Waals surface area contributed by atoms with Gasteiger partial charge in [-0.05, 0) is 63.4 Å². The number of rotatable bonds is 7. The molecular weight excluding hydrogens is 457 g/mol. The monoisotopic (exact) mass is 483 g/mol. The van der Waals surface area contributed by atoms with Crippen LogP contribution in [-0.4, -0.2) is 44.9 Å². The van der Waals surface area contributed by atoms with Crippen LogP contribution in [-0.2, 0) is 14.8 Å². The first-order valence-electron chi connectivity index (χ1n) is 10.2. The van der Waals surface area contributed by atoms with Gasteiger partial charge in [-0.1, -0.05) is 47.0 Å². The second-order valence-corrected chi connectivity index (χ2v) is 10.5. The van der Waals surface area contributed by atoms with Gasteiger partial charge < -0.3 is 5.32 Å². The lowest BCUT2D eigenvalue weighted by atomic mass is 9.97. The van der Waals surface area contributed by atoms with E-state index < -0.39 is 10.0 Å². The van der Waals surface area contributed by atoms with Gasteiger partial charge in [0, 0.05) is 13.1 Å². The molecule has 0 aliphatic carbocycles. The number of piperidine rings is 1. The van der Waals surface area contributed by atoms with Crippen LogP contribution in [0.5, 0.6) is 0 Å². The molecule has 3 rings (SSSR count). The second kappa shape index (κ2) is 10.3. The zero-order chi connectivity index (χ0) is 22.6. The van der Waals surface area contributed by atoms with Gasteiger partial charge in [0.05, 0.1) is 26.7 Å². The molecule has 31 heavy (non-hydrogen) atoms. The van der Waals surface area contributed by atoms with Gasteiger partial charge in [0.15, 0.2) is 0 Å². The molecule has 0 spiro atoms. The number of carbonyl (C=O) groups excluding carboxylic acids is 1. The maximum Gasteiger partial charge on any atom is 0.241 e. The predicted octanol–water partition coefficient (Wildman–Crippen LogP) is 4.32. The first-order chi connectivity index (χ1) is 14.7. The number of aryl methyl sites for hydroxylation is 1. The molecule has 0 radical (unpaired) electrons. The summed E-state index contributed by atoms with van der Waals surface area (Å²) in [4.78, 5) is 15.1. The number of hydrogen-bond donors (Lipinski definition) is 2. The van der Waals surface area contributed by atoms with Crippen LogP contribution in [0.3, 0.4) is 0 Å². The molecule has 1 aliphatic rings. The van der Waals surface area contributed by atoms with Gasteiger partial charge >= 0.3 is 0 Å². The number of benzene rings is 2. The second-order valence-electron chi connectivity index (χ2n) is 7.93. The van der Waals surface area contributed by atoms with E-state index in [4.69, 9.17) is 23.2 Å². The Morgan fingerprint density at radius 3 is 2.61 bits per heavy atom. The maximum atomic E-state index is 12.7. The van der Waals surface area contributed by atoms with Gasteiger partial charge in [0.1, 0.15) is 0 Å². The third-order valence-electron chi connectivity index (χ3n) is 5.58. The molecule has 2 N–H and O–H groups in total. The van der Waals surface area contributed by atoms with Crippen LogP contribution in [0.25, 0.3) is 0 Å². The fraction of sp³-hybridized carbons (Fsp3) is 0.409. The van der Waals surface area contributed by atoms with Crippen molar-refractivity contribution in [3.63, 3.8) is 0 Å². The summed E-state index contributed by atoms with van der Waals surface area (Å²) in [5.41, 5.74) is 1.48. The molecule has 0 saturated carbocycles. The standard InChI is InChI=1S/C22H27Cl2N3O3S/c1-15-8-10-18(11-9-15)31(29,30)25-13-17-5-4-12-27(14-17)16(2)22(28)26-20-7-3-6-19(23)21(20)24/h3,6-11,16-17,25H,4-5,12-14H2,1-2H3,(H,26,28). The highest BCUT2D eigenvalue weighted by molar-refractivity contribution is 7.89. The summed E-state index contributed by atoms with van der Waals surface area (Å²) in [6.45, 7) is 5.50. The summed E-state index contributed by atoms with van der Waals surface area (Å²) < 4.78 is 27.8. The topological polar surface area (TPSA) is 78.5 Å². The molecule has 2 unspecified atom stereocenters. The molecule has 1 amide bonds. The van der Waals surface area contributed by atoms with Crippen molar-refractivity contribution in [1.29, 1.82) is 0 Å². The largest absolute Gasteiger partial charge is 0.323 e. The van der Waals surface area contributed by atoms with Crippen molar-refractivity contribution in [3.05, 3.63) is 58.1 Å². The highest BCUT2D eigenvalue weighted by atomic mass is 35.5. The molecule has 0 aromatic heterocycles. The number of carbonyl (C=O) groups is 1. The minimum absolute atomic E-state index is 0.124. The molecule has 168 valence electrons. The average molecular weight is 484 g/mol. The van der Waals surface area contributed by atoms with Crippen LogP contribution >= 0.6 is 23.2 Å². The van der Waals surface area contributed by atoms with E-state index in [2.05, 4.69) is 14.9 Å². The average Bonchev–Trinajstić information content (AvgIpc) is 2.75. The summed E-state index contributed by atoms with van der Waals surface area (Å²) in [5.74, 6) is -0.0518. The van der Waals surface area contributed by atoms with Crippen LogP contribution in [0.4, 0.5) is 5.69 Å². The van der Waals surface area contributed by atoms with E-state index in [1.807, 2.05) is 13.8 Å². The van der Waals surface area contributed by atoms with Crippen LogP contribution in [0.2, 0.25) is 10.0 Å². The number of likely N-dealkylation sites (tertiary alicyclic amines) is 1. The predicted molar refractivity (Wildman–Crippen MR) is 125 cm³/mol. The Bertz CT molecular complexity index is 1030. The van der Waals surface area contributed by atoms with Crippen LogP contribution < -0.4 is 10.0 Å². The van der Waals surface area contributed by atoms with E-state index in [9.17, 15) is 13.2 Å². The Morgan fingerprint density at radius 1 is 1.19 bits per heavy atom. The van der Waals surface area contributed by atoms with E-state index in [-0.39, 0.29) is 22.8 Å². The fourth-order valence-corrected chi connectivity index (χ4v) is 5.11. The van der Waals surface area contributed by atoms with Crippen molar-refractivity contribution in [3.8, 4) is 0 Å². The molecule has 9 heteroatoms. The molecule has 2 aromatic carbocycles. The number of nitrogens with one attached hydrogen (secondary N) is 2. The summed E-state index contributed by atoms with van der Waals surface area (Å²) in [6.07, 6.45) is 1.80.